The molecule has 9 heteroatoms. The van der Waals surface area contributed by atoms with Crippen LogP contribution in [0.25, 0.3) is 0 Å². The predicted octanol–water partition coefficient (Wildman–Crippen LogP) is 1.28. The van der Waals surface area contributed by atoms with Crippen molar-refractivity contribution in [3.05, 3.63) is 65.7 Å². The number of hydrogen-bond acceptors (Lipinski definition) is 7. The Morgan fingerprint density at radius 2 is 1.90 bits per heavy atom. The van der Waals surface area contributed by atoms with Gasteiger partial charge < -0.3 is 10.1 Å². The average Bonchev–Trinajstić information content (AvgIpc) is 3.07. The summed E-state index contributed by atoms with van der Waals surface area (Å²) in [5, 5.41) is 9.15. The number of rotatable bonds is 6. The molecule has 1 aliphatic rings. The Bertz CT molecular complexity index is 972. The second-order valence-electron chi connectivity index (χ2n) is 6.05. The number of carbonyl (C=O) groups is 3. The standard InChI is InChI=1S/C20H19N5O4/c1-29-19(28)14-9-5-6-10-15(14)22-17(26)11-16-18(27)24-20(23-16)25-21-12-13-7-3-2-4-8-13/h2-10,12,16H,11H2,1H3,(H,22,26)(H2,23,24,25,27). The Kier molecular flexibility index (Phi) is 6.31. The molecule has 1 atom stereocenters. The number of carbonyl (C=O) groups excluding carboxylic acids is 3. The summed E-state index contributed by atoms with van der Waals surface area (Å²) in [7, 11) is 1.26. The first-order valence-electron chi connectivity index (χ1n) is 8.77. The van der Waals surface area contributed by atoms with Gasteiger partial charge in [0.05, 0.1) is 31.0 Å². The van der Waals surface area contributed by atoms with E-state index in [1.807, 2.05) is 30.3 Å². The molecule has 1 heterocycles. The topological polar surface area (TPSA) is 121 Å². The van der Waals surface area contributed by atoms with Crippen LogP contribution in [-0.2, 0) is 14.3 Å². The van der Waals surface area contributed by atoms with Crippen LogP contribution in [0, 0.1) is 0 Å². The van der Waals surface area contributed by atoms with Crippen molar-refractivity contribution >= 4 is 35.6 Å². The number of nitrogens with one attached hydrogen (secondary N) is 3. The van der Waals surface area contributed by atoms with Gasteiger partial charge in [-0.05, 0) is 17.7 Å². The van der Waals surface area contributed by atoms with Gasteiger partial charge in [0.15, 0.2) is 0 Å². The quantitative estimate of drug-likeness (QED) is 0.388. The van der Waals surface area contributed by atoms with E-state index in [9.17, 15) is 14.4 Å². The third-order valence-electron chi connectivity index (χ3n) is 4.00. The monoisotopic (exact) mass is 393 g/mol. The summed E-state index contributed by atoms with van der Waals surface area (Å²) in [4.78, 5) is 40.3. The van der Waals surface area contributed by atoms with Crippen molar-refractivity contribution in [1.82, 2.24) is 10.7 Å². The minimum absolute atomic E-state index is 0.162. The molecule has 2 aromatic rings. The molecular weight excluding hydrogens is 374 g/mol. The number of ether oxygens (including phenoxy) is 1. The van der Waals surface area contributed by atoms with Crippen molar-refractivity contribution in [3.63, 3.8) is 0 Å². The second-order valence-corrected chi connectivity index (χ2v) is 6.05. The molecule has 3 rings (SSSR count). The van der Waals surface area contributed by atoms with Crippen LogP contribution >= 0.6 is 0 Å². The van der Waals surface area contributed by atoms with Crippen LogP contribution in [0.15, 0.2) is 64.7 Å². The van der Waals surface area contributed by atoms with Crippen molar-refractivity contribution in [2.45, 2.75) is 12.5 Å². The first kappa shape index (κ1) is 19.7. The number of benzene rings is 2. The number of hydrazone groups is 1. The summed E-state index contributed by atoms with van der Waals surface area (Å²) in [6, 6.07) is 15.0. The molecule has 1 unspecified atom stereocenters. The summed E-state index contributed by atoms with van der Waals surface area (Å²) in [6.45, 7) is 0. The van der Waals surface area contributed by atoms with E-state index in [1.54, 1.807) is 24.4 Å². The largest absolute Gasteiger partial charge is 0.465 e. The normalized spacial score (nSPS) is 15.6. The fourth-order valence-corrected chi connectivity index (χ4v) is 2.61. The van der Waals surface area contributed by atoms with E-state index in [0.717, 1.165) is 5.56 Å². The van der Waals surface area contributed by atoms with E-state index >= 15 is 0 Å². The molecule has 0 spiro atoms. The number of guanidine groups is 1. The smallest absolute Gasteiger partial charge is 0.339 e. The third kappa shape index (κ3) is 5.25. The maximum Gasteiger partial charge on any atom is 0.339 e. The van der Waals surface area contributed by atoms with Gasteiger partial charge in [-0.1, -0.05) is 42.5 Å². The van der Waals surface area contributed by atoms with Crippen LogP contribution < -0.4 is 16.1 Å². The Morgan fingerprint density at radius 1 is 1.17 bits per heavy atom. The van der Waals surface area contributed by atoms with Crippen molar-refractivity contribution < 1.29 is 19.1 Å². The van der Waals surface area contributed by atoms with Gasteiger partial charge >= 0.3 is 5.97 Å². The molecule has 0 saturated heterocycles. The Labute approximate surface area is 166 Å². The lowest BCUT2D eigenvalue weighted by Crippen LogP contribution is -2.35. The summed E-state index contributed by atoms with van der Waals surface area (Å²) in [5.41, 5.74) is 4.05. The average molecular weight is 393 g/mol. The molecule has 2 amide bonds. The summed E-state index contributed by atoms with van der Waals surface area (Å²) >= 11 is 0. The molecular formula is C20H19N5O4. The number of nitrogens with zero attached hydrogens (tertiary/aromatic N) is 2. The third-order valence-corrected chi connectivity index (χ3v) is 4.00. The highest BCUT2D eigenvalue weighted by molar-refractivity contribution is 6.08. The minimum Gasteiger partial charge on any atom is -0.465 e. The first-order chi connectivity index (χ1) is 14.1. The van der Waals surface area contributed by atoms with Gasteiger partial charge in [-0.3, -0.25) is 14.9 Å². The Balaban J connectivity index is 1.58. The van der Waals surface area contributed by atoms with Crippen LogP contribution in [-0.4, -0.2) is 43.1 Å². The van der Waals surface area contributed by atoms with Crippen molar-refractivity contribution in [2.75, 3.05) is 12.4 Å². The highest BCUT2D eigenvalue weighted by atomic mass is 16.5. The summed E-state index contributed by atoms with van der Waals surface area (Å²) in [6.07, 6.45) is 1.40. The van der Waals surface area contributed by atoms with Gasteiger partial charge in [0, 0.05) is 0 Å². The molecule has 2 aromatic carbocycles. The predicted molar refractivity (Wildman–Crippen MR) is 108 cm³/mol. The fraction of sp³-hybridized carbons (Fsp3) is 0.150. The lowest BCUT2D eigenvalue weighted by molar-refractivity contribution is -0.123. The van der Waals surface area contributed by atoms with Crippen LogP contribution in [0.4, 0.5) is 5.69 Å². The van der Waals surface area contributed by atoms with Gasteiger partial charge in [-0.15, -0.1) is 0 Å². The van der Waals surface area contributed by atoms with Crippen LogP contribution in [0.2, 0.25) is 0 Å². The Morgan fingerprint density at radius 3 is 2.66 bits per heavy atom. The molecule has 1 aliphatic heterocycles. The van der Waals surface area contributed by atoms with Gasteiger partial charge in [-0.2, -0.15) is 5.10 Å². The second kappa shape index (κ2) is 9.27. The maximum absolute atomic E-state index is 12.3. The van der Waals surface area contributed by atoms with Gasteiger partial charge in [0.25, 0.3) is 5.91 Å². The Hall–Kier alpha value is -4.01. The van der Waals surface area contributed by atoms with Gasteiger partial charge in [0.2, 0.25) is 11.9 Å². The zero-order valence-corrected chi connectivity index (χ0v) is 15.6. The highest BCUT2D eigenvalue weighted by Gasteiger charge is 2.29. The highest BCUT2D eigenvalue weighted by Crippen LogP contribution is 2.17. The molecule has 0 aromatic heterocycles. The zero-order chi connectivity index (χ0) is 20.6. The van der Waals surface area contributed by atoms with E-state index in [2.05, 4.69) is 26.2 Å². The molecule has 29 heavy (non-hydrogen) atoms. The number of esters is 1. The maximum atomic E-state index is 12.3. The zero-order valence-electron chi connectivity index (χ0n) is 15.6. The van der Waals surface area contributed by atoms with E-state index in [-0.39, 0.29) is 17.9 Å². The lowest BCUT2D eigenvalue weighted by atomic mass is 10.1. The molecule has 0 fully saturated rings. The molecule has 0 radical (unpaired) electrons. The molecule has 0 bridgehead atoms. The number of anilines is 1. The molecule has 9 nitrogen and oxygen atoms in total. The molecule has 0 saturated carbocycles. The van der Waals surface area contributed by atoms with E-state index in [4.69, 9.17) is 4.74 Å². The number of amides is 2. The van der Waals surface area contributed by atoms with Crippen LogP contribution in [0.5, 0.6) is 0 Å². The van der Waals surface area contributed by atoms with Crippen molar-refractivity contribution in [3.8, 4) is 0 Å². The van der Waals surface area contributed by atoms with Crippen molar-refractivity contribution in [2.24, 2.45) is 10.1 Å². The number of methoxy groups -OCH3 is 1. The number of para-hydroxylation sites is 1. The van der Waals surface area contributed by atoms with Crippen molar-refractivity contribution in [1.29, 1.82) is 0 Å². The first-order valence-corrected chi connectivity index (χ1v) is 8.77. The lowest BCUT2D eigenvalue weighted by Gasteiger charge is -2.10. The van der Waals surface area contributed by atoms with Crippen LogP contribution in [0.3, 0.4) is 0 Å². The van der Waals surface area contributed by atoms with Gasteiger partial charge in [-0.25, -0.2) is 15.2 Å². The fourth-order valence-electron chi connectivity index (χ4n) is 2.61. The molecule has 3 N–H and O–H groups in total. The number of hydrogen-bond donors (Lipinski definition) is 3. The van der Waals surface area contributed by atoms with Gasteiger partial charge in [0.1, 0.15) is 6.04 Å². The SMILES string of the molecule is COC(=O)c1ccccc1NC(=O)CC1N=C(NN=Cc2ccccc2)NC1=O. The molecule has 0 aliphatic carbocycles. The summed E-state index contributed by atoms with van der Waals surface area (Å²) in [5.74, 6) is -1.28. The minimum atomic E-state index is -0.894. The van der Waals surface area contributed by atoms with E-state index in [1.165, 1.54) is 13.2 Å². The summed E-state index contributed by atoms with van der Waals surface area (Å²) < 4.78 is 4.69. The van der Waals surface area contributed by atoms with E-state index < -0.39 is 23.8 Å². The number of aliphatic imine (C=N–C) groups is 1. The van der Waals surface area contributed by atoms with Crippen LogP contribution in [0.1, 0.15) is 22.3 Å². The van der Waals surface area contributed by atoms with E-state index in [0.29, 0.717) is 5.69 Å². The molecule has 148 valence electrons.